The molecule has 1 aromatic carbocycles. The van der Waals surface area contributed by atoms with E-state index in [2.05, 4.69) is 15.9 Å². The molecule has 0 unspecified atom stereocenters. The van der Waals surface area contributed by atoms with Gasteiger partial charge in [-0.3, -0.25) is 4.79 Å². The standard InChI is InChI=1S/C14H11BrCl3NO/c1-7-3-10(13(20)6-16)8(2)19(7)14-11(17)4-9(15)5-12(14)18/h3-5H,6H2,1-2H3. The average molecular weight is 396 g/mol. The lowest BCUT2D eigenvalue weighted by Gasteiger charge is -2.14. The Kier molecular flexibility index (Phi) is 4.85. The Balaban J connectivity index is 2.71. The van der Waals surface area contributed by atoms with Crippen LogP contribution in [0, 0.1) is 13.8 Å². The predicted molar refractivity (Wildman–Crippen MR) is 88.0 cm³/mol. The normalized spacial score (nSPS) is 10.9. The maximum Gasteiger partial charge on any atom is 0.179 e. The summed E-state index contributed by atoms with van der Waals surface area (Å²) in [4.78, 5) is 11.8. The Morgan fingerprint density at radius 1 is 1.20 bits per heavy atom. The molecule has 0 aliphatic carbocycles. The van der Waals surface area contributed by atoms with Crippen LogP contribution in [0.25, 0.3) is 5.69 Å². The van der Waals surface area contributed by atoms with Gasteiger partial charge >= 0.3 is 0 Å². The molecular weight excluding hydrogens is 384 g/mol. The summed E-state index contributed by atoms with van der Waals surface area (Å²) >= 11 is 21.6. The van der Waals surface area contributed by atoms with Crippen LogP contribution < -0.4 is 0 Å². The minimum absolute atomic E-state index is 0.0495. The van der Waals surface area contributed by atoms with Crippen LogP contribution in [0.15, 0.2) is 22.7 Å². The van der Waals surface area contributed by atoms with Gasteiger partial charge in [0.25, 0.3) is 0 Å². The first-order valence-electron chi connectivity index (χ1n) is 5.79. The molecule has 0 radical (unpaired) electrons. The van der Waals surface area contributed by atoms with Crippen LogP contribution >= 0.6 is 50.7 Å². The molecule has 0 saturated carbocycles. The third-order valence-corrected chi connectivity index (χ3v) is 4.33. The number of rotatable bonds is 3. The quantitative estimate of drug-likeness (QED) is 0.491. The van der Waals surface area contributed by atoms with Gasteiger partial charge in [0.1, 0.15) is 0 Å². The van der Waals surface area contributed by atoms with Gasteiger partial charge in [0.2, 0.25) is 0 Å². The van der Waals surface area contributed by atoms with Gasteiger partial charge < -0.3 is 4.57 Å². The number of Topliss-reactive ketones (excluding diaryl/α,β-unsaturated/α-hetero) is 1. The third-order valence-electron chi connectivity index (χ3n) is 3.06. The Morgan fingerprint density at radius 3 is 2.25 bits per heavy atom. The van der Waals surface area contributed by atoms with Crippen molar-refractivity contribution in [3.05, 3.63) is 49.7 Å². The summed E-state index contributed by atoms with van der Waals surface area (Å²) in [5.74, 6) is -0.165. The number of hydrogen-bond acceptors (Lipinski definition) is 1. The largest absolute Gasteiger partial charge is 0.315 e. The van der Waals surface area contributed by atoms with Gasteiger partial charge in [0.05, 0.1) is 21.6 Å². The maximum atomic E-state index is 11.8. The molecule has 0 aliphatic heterocycles. The van der Waals surface area contributed by atoms with Gasteiger partial charge in [-0.1, -0.05) is 39.1 Å². The number of nitrogens with zero attached hydrogens (tertiary/aromatic N) is 1. The second-order valence-corrected chi connectivity index (χ2v) is 6.39. The fourth-order valence-electron chi connectivity index (χ4n) is 2.21. The number of carbonyl (C=O) groups is 1. The van der Waals surface area contributed by atoms with Crippen LogP contribution in [0.3, 0.4) is 0 Å². The van der Waals surface area contributed by atoms with E-state index in [9.17, 15) is 4.79 Å². The molecule has 2 aromatic rings. The summed E-state index contributed by atoms with van der Waals surface area (Å²) in [6, 6.07) is 5.34. The van der Waals surface area contributed by atoms with Crippen LogP contribution in [-0.4, -0.2) is 16.2 Å². The number of ketones is 1. The van der Waals surface area contributed by atoms with Crippen LogP contribution in [0.5, 0.6) is 0 Å². The van der Waals surface area contributed by atoms with E-state index in [0.717, 1.165) is 15.9 Å². The topological polar surface area (TPSA) is 22.0 Å². The Morgan fingerprint density at radius 2 is 1.75 bits per heavy atom. The van der Waals surface area contributed by atoms with Crippen molar-refractivity contribution >= 4 is 56.5 Å². The predicted octanol–water partition coefficient (Wildman–Crippen LogP) is 5.58. The molecular formula is C14H11BrCl3NO. The summed E-state index contributed by atoms with van der Waals surface area (Å²) in [5, 5.41) is 1.02. The van der Waals surface area contributed by atoms with E-state index >= 15 is 0 Å². The van der Waals surface area contributed by atoms with Crippen molar-refractivity contribution in [2.24, 2.45) is 0 Å². The van der Waals surface area contributed by atoms with Crippen LogP contribution in [0.4, 0.5) is 0 Å². The number of alkyl halides is 1. The molecule has 0 aliphatic rings. The van der Waals surface area contributed by atoms with Gasteiger partial charge in [-0.25, -0.2) is 0 Å². The van der Waals surface area contributed by atoms with E-state index in [-0.39, 0.29) is 11.7 Å². The number of carbonyl (C=O) groups excluding carboxylic acids is 1. The third kappa shape index (κ3) is 2.77. The molecule has 0 bridgehead atoms. The summed E-state index contributed by atoms with van der Waals surface area (Å²) < 4.78 is 2.67. The first-order chi connectivity index (χ1) is 9.36. The number of hydrogen-bond donors (Lipinski definition) is 0. The molecule has 0 N–H and O–H groups in total. The molecule has 20 heavy (non-hydrogen) atoms. The lowest BCUT2D eigenvalue weighted by molar-refractivity contribution is 0.102. The highest BCUT2D eigenvalue weighted by atomic mass is 79.9. The summed E-state index contributed by atoms with van der Waals surface area (Å²) in [7, 11) is 0. The van der Waals surface area contributed by atoms with Crippen LogP contribution in [0.1, 0.15) is 21.7 Å². The highest BCUT2D eigenvalue weighted by Gasteiger charge is 2.19. The maximum absolute atomic E-state index is 11.8. The van der Waals surface area contributed by atoms with Gasteiger partial charge in [-0.05, 0) is 32.0 Å². The molecule has 2 nitrogen and oxygen atoms in total. The van der Waals surface area contributed by atoms with Gasteiger partial charge in [0.15, 0.2) is 5.78 Å². The first-order valence-corrected chi connectivity index (χ1v) is 7.88. The second-order valence-electron chi connectivity index (χ2n) is 4.40. The number of halogens is 4. The lowest BCUT2D eigenvalue weighted by Crippen LogP contribution is -2.05. The van der Waals surface area contributed by atoms with E-state index < -0.39 is 0 Å². The SMILES string of the molecule is Cc1cc(C(=O)CCl)c(C)n1-c1c(Cl)cc(Br)cc1Cl. The summed E-state index contributed by atoms with van der Waals surface area (Å²) in [5.41, 5.74) is 2.91. The smallest absolute Gasteiger partial charge is 0.179 e. The van der Waals surface area contributed by atoms with Gasteiger partial charge in [-0.15, -0.1) is 11.6 Å². The minimum atomic E-state index is -0.115. The summed E-state index contributed by atoms with van der Waals surface area (Å²) in [6.45, 7) is 3.74. The zero-order chi connectivity index (χ0) is 15.0. The second kappa shape index (κ2) is 6.10. The van der Waals surface area contributed by atoms with Gasteiger partial charge in [0, 0.05) is 21.4 Å². The summed E-state index contributed by atoms with van der Waals surface area (Å²) in [6.07, 6.45) is 0. The highest BCUT2D eigenvalue weighted by molar-refractivity contribution is 9.10. The van der Waals surface area contributed by atoms with Gasteiger partial charge in [-0.2, -0.15) is 0 Å². The van der Waals surface area contributed by atoms with Crippen LogP contribution in [-0.2, 0) is 0 Å². The van der Waals surface area contributed by atoms with Crippen molar-refractivity contribution in [1.82, 2.24) is 4.57 Å². The van der Waals surface area contributed by atoms with Crippen molar-refractivity contribution in [2.75, 3.05) is 5.88 Å². The van der Waals surface area contributed by atoms with Crippen molar-refractivity contribution in [3.63, 3.8) is 0 Å². The number of aromatic nitrogens is 1. The zero-order valence-corrected chi connectivity index (χ0v) is 14.7. The number of aryl methyl sites for hydroxylation is 1. The fourth-order valence-corrected chi connectivity index (χ4v) is 3.73. The van der Waals surface area contributed by atoms with E-state index in [1.165, 1.54) is 0 Å². The monoisotopic (exact) mass is 393 g/mol. The molecule has 0 fully saturated rings. The Bertz CT molecular complexity index is 671. The molecule has 0 amide bonds. The molecule has 6 heteroatoms. The number of benzene rings is 1. The molecule has 0 spiro atoms. The molecule has 0 atom stereocenters. The van der Waals surface area contributed by atoms with Crippen molar-refractivity contribution in [3.8, 4) is 5.69 Å². The van der Waals surface area contributed by atoms with E-state index in [0.29, 0.717) is 21.3 Å². The molecule has 1 aromatic heterocycles. The highest BCUT2D eigenvalue weighted by Crippen LogP contribution is 2.35. The zero-order valence-electron chi connectivity index (χ0n) is 10.8. The van der Waals surface area contributed by atoms with Crippen molar-refractivity contribution in [1.29, 1.82) is 0 Å². The van der Waals surface area contributed by atoms with Crippen LogP contribution in [0.2, 0.25) is 10.0 Å². The Hall–Kier alpha value is -0.480. The van der Waals surface area contributed by atoms with Crippen molar-refractivity contribution in [2.45, 2.75) is 13.8 Å². The average Bonchev–Trinajstić information content (AvgIpc) is 2.65. The fraction of sp³-hybridized carbons (Fsp3) is 0.214. The first kappa shape index (κ1) is 15.9. The van der Waals surface area contributed by atoms with Crippen molar-refractivity contribution < 1.29 is 4.79 Å². The molecule has 106 valence electrons. The van der Waals surface area contributed by atoms with E-state index in [1.807, 2.05) is 18.4 Å². The molecule has 0 saturated heterocycles. The van der Waals surface area contributed by atoms with E-state index in [1.54, 1.807) is 18.2 Å². The minimum Gasteiger partial charge on any atom is -0.315 e. The van der Waals surface area contributed by atoms with E-state index in [4.69, 9.17) is 34.8 Å². The Labute approximate surface area is 140 Å². The molecule has 1 heterocycles. The lowest BCUT2D eigenvalue weighted by atomic mass is 10.2. The molecule has 2 rings (SSSR count).